The number of benzene rings is 1. The molecule has 0 atom stereocenters. The first kappa shape index (κ1) is 15.6. The van der Waals surface area contributed by atoms with E-state index >= 15 is 0 Å². The van der Waals surface area contributed by atoms with Crippen LogP contribution >= 0.6 is 11.6 Å². The average Bonchev–Trinajstić information content (AvgIpc) is 2.43. The second-order valence-electron chi connectivity index (χ2n) is 5.90. The summed E-state index contributed by atoms with van der Waals surface area (Å²) in [6.07, 6.45) is 0.859. The van der Waals surface area contributed by atoms with E-state index in [0.717, 1.165) is 60.9 Å². The Balaban J connectivity index is 2.17. The topological polar surface area (TPSA) is 35.5 Å². The highest BCUT2D eigenvalue weighted by atomic mass is 35.5. The average molecular weight is 297 g/mol. The molecule has 1 aliphatic heterocycles. The van der Waals surface area contributed by atoms with Crippen LogP contribution in [-0.2, 0) is 6.42 Å². The molecule has 0 saturated carbocycles. The minimum Gasteiger partial charge on any atom is -0.507 e. The Morgan fingerprint density at radius 2 is 2.00 bits per heavy atom. The number of nitrogens with zero attached hydrogens (tertiary/aromatic N) is 1. The second-order valence-corrected chi connectivity index (χ2v) is 6.30. The summed E-state index contributed by atoms with van der Waals surface area (Å²) >= 11 is 6.32. The van der Waals surface area contributed by atoms with E-state index in [2.05, 4.69) is 24.1 Å². The number of phenolic OH excluding ortho intramolecular Hbond substituents is 1. The summed E-state index contributed by atoms with van der Waals surface area (Å²) in [5.41, 5.74) is 2.99. The van der Waals surface area contributed by atoms with Crippen LogP contribution in [0.4, 0.5) is 0 Å². The van der Waals surface area contributed by atoms with Gasteiger partial charge in [-0.3, -0.25) is 0 Å². The molecule has 112 valence electrons. The van der Waals surface area contributed by atoms with Gasteiger partial charge in [-0.25, -0.2) is 0 Å². The highest BCUT2D eigenvalue weighted by Crippen LogP contribution is 2.36. The first-order valence-electron chi connectivity index (χ1n) is 7.44. The van der Waals surface area contributed by atoms with E-state index in [1.165, 1.54) is 0 Å². The van der Waals surface area contributed by atoms with Crippen LogP contribution in [0.2, 0.25) is 5.02 Å². The van der Waals surface area contributed by atoms with Crippen LogP contribution in [0.5, 0.6) is 5.75 Å². The van der Waals surface area contributed by atoms with Crippen LogP contribution in [0.3, 0.4) is 0 Å². The molecule has 2 N–H and O–H groups in total. The monoisotopic (exact) mass is 296 g/mol. The molecule has 3 nitrogen and oxygen atoms in total. The van der Waals surface area contributed by atoms with Crippen molar-refractivity contribution in [2.24, 2.45) is 0 Å². The van der Waals surface area contributed by atoms with Crippen LogP contribution < -0.4 is 5.32 Å². The van der Waals surface area contributed by atoms with E-state index < -0.39 is 0 Å². The molecule has 1 aromatic carbocycles. The van der Waals surface area contributed by atoms with Gasteiger partial charge in [0.1, 0.15) is 5.75 Å². The molecule has 0 bridgehead atoms. The number of piperazine rings is 1. The van der Waals surface area contributed by atoms with Crippen LogP contribution in [0.15, 0.2) is 6.07 Å². The molecular weight excluding hydrogens is 272 g/mol. The number of hydrogen-bond acceptors (Lipinski definition) is 3. The quantitative estimate of drug-likeness (QED) is 0.897. The van der Waals surface area contributed by atoms with Gasteiger partial charge in [0.25, 0.3) is 0 Å². The minimum absolute atomic E-state index is 0.283. The molecule has 1 fully saturated rings. The summed E-state index contributed by atoms with van der Waals surface area (Å²) in [6, 6.07) is 1.91. The summed E-state index contributed by atoms with van der Waals surface area (Å²) in [5.74, 6) is 0.725. The van der Waals surface area contributed by atoms with Gasteiger partial charge in [0.2, 0.25) is 0 Å². The fraction of sp³-hybridized carbons (Fsp3) is 0.625. The maximum atomic E-state index is 10.5. The standard InChI is InChI=1S/C16H25ClN2O/c1-11(2)14-10-15(17)12(3)13(16(14)20)4-7-19-8-5-18-6-9-19/h10-11,18,20H,4-9H2,1-3H3. The zero-order chi connectivity index (χ0) is 14.7. The lowest BCUT2D eigenvalue weighted by atomic mass is 9.94. The van der Waals surface area contributed by atoms with Crippen LogP contribution in [0.1, 0.15) is 36.5 Å². The van der Waals surface area contributed by atoms with Crippen molar-refractivity contribution in [3.63, 3.8) is 0 Å². The number of halogens is 1. The Hall–Kier alpha value is -0.770. The number of aromatic hydroxyl groups is 1. The Morgan fingerprint density at radius 3 is 2.60 bits per heavy atom. The third kappa shape index (κ3) is 3.46. The normalized spacial score (nSPS) is 16.9. The molecule has 20 heavy (non-hydrogen) atoms. The molecule has 1 saturated heterocycles. The molecule has 0 unspecified atom stereocenters. The van der Waals surface area contributed by atoms with Crippen molar-refractivity contribution in [1.29, 1.82) is 0 Å². The van der Waals surface area contributed by atoms with Crippen molar-refractivity contribution >= 4 is 11.6 Å². The maximum absolute atomic E-state index is 10.5. The lowest BCUT2D eigenvalue weighted by Crippen LogP contribution is -2.44. The number of phenols is 1. The van der Waals surface area contributed by atoms with E-state index in [-0.39, 0.29) is 5.92 Å². The maximum Gasteiger partial charge on any atom is 0.122 e. The number of hydrogen-bond donors (Lipinski definition) is 2. The van der Waals surface area contributed by atoms with Gasteiger partial charge in [-0.2, -0.15) is 0 Å². The summed E-state index contributed by atoms with van der Waals surface area (Å²) < 4.78 is 0. The highest BCUT2D eigenvalue weighted by Gasteiger charge is 2.17. The first-order valence-corrected chi connectivity index (χ1v) is 7.82. The molecule has 0 spiro atoms. The van der Waals surface area contributed by atoms with E-state index in [4.69, 9.17) is 11.6 Å². The van der Waals surface area contributed by atoms with E-state index in [1.54, 1.807) is 0 Å². The summed E-state index contributed by atoms with van der Waals surface area (Å²) in [6.45, 7) is 11.4. The molecule has 1 aromatic rings. The summed E-state index contributed by atoms with van der Waals surface area (Å²) in [7, 11) is 0. The van der Waals surface area contributed by atoms with Gasteiger partial charge in [-0.15, -0.1) is 0 Å². The van der Waals surface area contributed by atoms with Crippen molar-refractivity contribution < 1.29 is 5.11 Å². The molecule has 2 rings (SSSR count). The van der Waals surface area contributed by atoms with Gasteiger partial charge in [0, 0.05) is 37.7 Å². The van der Waals surface area contributed by atoms with Crippen molar-refractivity contribution in [1.82, 2.24) is 10.2 Å². The molecule has 1 heterocycles. The van der Waals surface area contributed by atoms with Crippen molar-refractivity contribution in [3.05, 3.63) is 27.8 Å². The Morgan fingerprint density at radius 1 is 1.35 bits per heavy atom. The molecular formula is C16H25ClN2O. The fourth-order valence-electron chi connectivity index (χ4n) is 2.76. The highest BCUT2D eigenvalue weighted by molar-refractivity contribution is 6.31. The largest absolute Gasteiger partial charge is 0.507 e. The fourth-order valence-corrected chi connectivity index (χ4v) is 2.99. The molecule has 0 aromatic heterocycles. The molecule has 0 aliphatic carbocycles. The van der Waals surface area contributed by atoms with Crippen LogP contribution in [-0.4, -0.2) is 42.7 Å². The zero-order valence-corrected chi connectivity index (χ0v) is 13.4. The minimum atomic E-state index is 0.283. The van der Waals surface area contributed by atoms with Crippen molar-refractivity contribution in [2.45, 2.75) is 33.1 Å². The molecule has 0 amide bonds. The number of rotatable bonds is 4. The van der Waals surface area contributed by atoms with Gasteiger partial charge in [0.05, 0.1) is 0 Å². The smallest absolute Gasteiger partial charge is 0.122 e. The third-order valence-corrected chi connectivity index (χ3v) is 4.55. The van der Waals surface area contributed by atoms with E-state index in [1.807, 2.05) is 13.0 Å². The lowest BCUT2D eigenvalue weighted by Gasteiger charge is -2.27. The van der Waals surface area contributed by atoms with Crippen LogP contribution in [0.25, 0.3) is 0 Å². The predicted molar refractivity (Wildman–Crippen MR) is 85.0 cm³/mol. The van der Waals surface area contributed by atoms with E-state index in [9.17, 15) is 5.11 Å². The number of nitrogens with one attached hydrogen (secondary N) is 1. The van der Waals surface area contributed by atoms with Gasteiger partial charge in [-0.1, -0.05) is 25.4 Å². The van der Waals surface area contributed by atoms with Crippen LogP contribution in [0, 0.1) is 6.92 Å². The lowest BCUT2D eigenvalue weighted by molar-refractivity contribution is 0.243. The molecule has 0 radical (unpaired) electrons. The van der Waals surface area contributed by atoms with Gasteiger partial charge in [0.15, 0.2) is 0 Å². The van der Waals surface area contributed by atoms with Gasteiger partial charge < -0.3 is 15.3 Å². The summed E-state index contributed by atoms with van der Waals surface area (Å²) in [4.78, 5) is 2.44. The molecule has 4 heteroatoms. The Bertz CT molecular complexity index is 468. The first-order chi connectivity index (χ1) is 9.50. The van der Waals surface area contributed by atoms with Crippen molar-refractivity contribution in [3.8, 4) is 5.75 Å². The summed E-state index contributed by atoms with van der Waals surface area (Å²) in [5, 5.41) is 14.6. The predicted octanol–water partition coefficient (Wildman–Crippen LogP) is 2.93. The second kappa shape index (κ2) is 6.79. The van der Waals surface area contributed by atoms with Gasteiger partial charge in [-0.05, 0) is 42.0 Å². The Kier molecular flexibility index (Phi) is 5.30. The zero-order valence-electron chi connectivity index (χ0n) is 12.7. The van der Waals surface area contributed by atoms with Gasteiger partial charge >= 0.3 is 0 Å². The van der Waals surface area contributed by atoms with E-state index in [0.29, 0.717) is 5.75 Å². The third-order valence-electron chi connectivity index (χ3n) is 4.16. The Labute approximate surface area is 126 Å². The molecule has 1 aliphatic rings. The SMILES string of the molecule is Cc1c(Cl)cc(C(C)C)c(O)c1CCN1CCNCC1. The van der Waals surface area contributed by atoms with Crippen molar-refractivity contribution in [2.75, 3.05) is 32.7 Å².